The van der Waals surface area contributed by atoms with Gasteiger partial charge in [-0.15, -0.1) is 0 Å². The summed E-state index contributed by atoms with van der Waals surface area (Å²) < 4.78 is 0. The summed E-state index contributed by atoms with van der Waals surface area (Å²) in [5.74, 6) is 0. The number of anilines is 1. The van der Waals surface area contributed by atoms with Crippen LogP contribution in [0.2, 0.25) is 0 Å². The van der Waals surface area contributed by atoms with Crippen molar-refractivity contribution in [3.63, 3.8) is 0 Å². The van der Waals surface area contributed by atoms with E-state index in [4.69, 9.17) is 5.73 Å². The second kappa shape index (κ2) is 5.72. The Balaban J connectivity index is 2.17. The quantitative estimate of drug-likeness (QED) is 0.886. The van der Waals surface area contributed by atoms with E-state index in [0.29, 0.717) is 12.6 Å². The van der Waals surface area contributed by atoms with Crippen LogP contribution in [0, 0.1) is 6.92 Å². The molecule has 0 saturated carbocycles. The maximum Gasteiger partial charge on any atom is 0.0412 e. The second-order valence-corrected chi connectivity index (χ2v) is 5.26. The Kier molecular flexibility index (Phi) is 4.25. The van der Waals surface area contributed by atoms with Crippen molar-refractivity contribution in [2.24, 2.45) is 5.73 Å². The Morgan fingerprint density at radius 1 is 1.33 bits per heavy atom. The van der Waals surface area contributed by atoms with E-state index in [9.17, 15) is 0 Å². The van der Waals surface area contributed by atoms with Crippen LogP contribution in [0.1, 0.15) is 25.0 Å². The molecule has 1 saturated heterocycles. The lowest BCUT2D eigenvalue weighted by molar-refractivity contribution is 0.199. The highest BCUT2D eigenvalue weighted by Crippen LogP contribution is 2.24. The van der Waals surface area contributed by atoms with Gasteiger partial charge in [0.1, 0.15) is 0 Å². The van der Waals surface area contributed by atoms with Crippen LogP contribution in [0.5, 0.6) is 0 Å². The van der Waals surface area contributed by atoms with Crippen LogP contribution in [-0.4, -0.2) is 37.1 Å². The van der Waals surface area contributed by atoms with Crippen molar-refractivity contribution in [1.29, 1.82) is 0 Å². The van der Waals surface area contributed by atoms with E-state index in [1.54, 1.807) is 0 Å². The Labute approximate surface area is 111 Å². The number of benzene rings is 1. The topological polar surface area (TPSA) is 32.5 Å². The molecule has 3 nitrogen and oxygen atoms in total. The zero-order chi connectivity index (χ0) is 13.1. The average molecular weight is 247 g/mol. The fourth-order valence-corrected chi connectivity index (χ4v) is 2.87. The van der Waals surface area contributed by atoms with Crippen LogP contribution in [-0.2, 0) is 6.54 Å². The third-order valence-corrected chi connectivity index (χ3v) is 3.97. The number of hydrogen-bond acceptors (Lipinski definition) is 3. The summed E-state index contributed by atoms with van der Waals surface area (Å²) >= 11 is 0. The molecule has 1 aliphatic rings. The summed E-state index contributed by atoms with van der Waals surface area (Å²) in [5, 5.41) is 0. The molecular formula is C15H25N3. The Morgan fingerprint density at radius 2 is 2.11 bits per heavy atom. The van der Waals surface area contributed by atoms with Gasteiger partial charge in [0.2, 0.25) is 0 Å². The van der Waals surface area contributed by atoms with E-state index < -0.39 is 0 Å². The van der Waals surface area contributed by atoms with Gasteiger partial charge in [0, 0.05) is 37.9 Å². The summed E-state index contributed by atoms with van der Waals surface area (Å²) in [6.07, 6.45) is 0. The maximum atomic E-state index is 5.88. The summed E-state index contributed by atoms with van der Waals surface area (Å²) in [6, 6.07) is 7.25. The highest BCUT2D eigenvalue weighted by Gasteiger charge is 2.23. The van der Waals surface area contributed by atoms with E-state index in [-0.39, 0.29) is 0 Å². The zero-order valence-corrected chi connectivity index (χ0v) is 11.8. The molecule has 0 aliphatic carbocycles. The maximum absolute atomic E-state index is 5.88. The molecule has 0 radical (unpaired) electrons. The number of piperazine rings is 1. The fourth-order valence-electron chi connectivity index (χ4n) is 2.87. The molecule has 0 bridgehead atoms. The minimum absolute atomic E-state index is 0.621. The Hall–Kier alpha value is -1.06. The first kappa shape index (κ1) is 13.4. The molecule has 1 unspecified atom stereocenters. The summed E-state index contributed by atoms with van der Waals surface area (Å²) in [7, 11) is 0. The highest BCUT2D eigenvalue weighted by atomic mass is 15.3. The van der Waals surface area contributed by atoms with Crippen LogP contribution >= 0.6 is 0 Å². The molecule has 2 rings (SSSR count). The van der Waals surface area contributed by atoms with Gasteiger partial charge in [-0.05, 0) is 32.0 Å². The third kappa shape index (κ3) is 2.68. The van der Waals surface area contributed by atoms with Crippen molar-refractivity contribution in [3.05, 3.63) is 29.3 Å². The lowest BCUT2D eigenvalue weighted by Crippen LogP contribution is -2.52. The van der Waals surface area contributed by atoms with Crippen molar-refractivity contribution in [2.45, 2.75) is 33.4 Å². The van der Waals surface area contributed by atoms with Crippen molar-refractivity contribution >= 4 is 5.69 Å². The zero-order valence-electron chi connectivity index (χ0n) is 11.8. The molecule has 1 aromatic carbocycles. The van der Waals surface area contributed by atoms with Crippen molar-refractivity contribution in [2.75, 3.05) is 31.1 Å². The van der Waals surface area contributed by atoms with Gasteiger partial charge >= 0.3 is 0 Å². The van der Waals surface area contributed by atoms with Crippen LogP contribution in [0.25, 0.3) is 0 Å². The molecule has 0 aromatic heterocycles. The molecule has 100 valence electrons. The predicted molar refractivity (Wildman–Crippen MR) is 78.0 cm³/mol. The van der Waals surface area contributed by atoms with E-state index in [2.05, 4.69) is 48.8 Å². The molecule has 18 heavy (non-hydrogen) atoms. The molecule has 1 atom stereocenters. The molecule has 3 heteroatoms. The third-order valence-electron chi connectivity index (χ3n) is 3.97. The molecule has 0 spiro atoms. The van der Waals surface area contributed by atoms with E-state index in [1.807, 2.05) is 0 Å². The van der Waals surface area contributed by atoms with Crippen molar-refractivity contribution in [3.8, 4) is 0 Å². The molecule has 1 fully saturated rings. The first-order valence-corrected chi connectivity index (χ1v) is 6.94. The molecule has 0 amide bonds. The van der Waals surface area contributed by atoms with Gasteiger partial charge in [0.25, 0.3) is 0 Å². The van der Waals surface area contributed by atoms with Gasteiger partial charge in [0.15, 0.2) is 0 Å². The average Bonchev–Trinajstić information content (AvgIpc) is 2.38. The van der Waals surface area contributed by atoms with E-state index in [0.717, 1.165) is 26.2 Å². The Morgan fingerprint density at radius 3 is 2.72 bits per heavy atom. The number of hydrogen-bond donors (Lipinski definition) is 1. The van der Waals surface area contributed by atoms with Gasteiger partial charge in [-0.3, -0.25) is 4.90 Å². The minimum Gasteiger partial charge on any atom is -0.368 e. The normalized spacial score (nSPS) is 21.3. The van der Waals surface area contributed by atoms with Crippen LogP contribution < -0.4 is 10.6 Å². The smallest absolute Gasteiger partial charge is 0.0412 e. The van der Waals surface area contributed by atoms with Crippen molar-refractivity contribution in [1.82, 2.24) is 4.90 Å². The van der Waals surface area contributed by atoms with Crippen LogP contribution in [0.15, 0.2) is 18.2 Å². The van der Waals surface area contributed by atoms with Gasteiger partial charge in [-0.25, -0.2) is 0 Å². The summed E-state index contributed by atoms with van der Waals surface area (Å²) in [6.45, 7) is 11.8. The lowest BCUT2D eigenvalue weighted by atomic mass is 10.1. The van der Waals surface area contributed by atoms with Crippen molar-refractivity contribution < 1.29 is 0 Å². The van der Waals surface area contributed by atoms with Crippen LogP contribution in [0.4, 0.5) is 5.69 Å². The monoisotopic (exact) mass is 247 g/mol. The van der Waals surface area contributed by atoms with Gasteiger partial charge in [-0.1, -0.05) is 24.6 Å². The number of rotatable bonds is 3. The van der Waals surface area contributed by atoms with E-state index in [1.165, 1.54) is 16.8 Å². The first-order chi connectivity index (χ1) is 8.65. The fraction of sp³-hybridized carbons (Fsp3) is 0.600. The molecule has 2 N–H and O–H groups in total. The number of nitrogens with zero attached hydrogens (tertiary/aromatic N) is 2. The highest BCUT2D eigenvalue weighted by molar-refractivity contribution is 5.55. The lowest BCUT2D eigenvalue weighted by Gasteiger charge is -2.41. The molecule has 1 heterocycles. The van der Waals surface area contributed by atoms with Gasteiger partial charge < -0.3 is 10.6 Å². The number of likely N-dealkylation sites (N-methyl/N-ethyl adjacent to an activating group) is 1. The second-order valence-electron chi connectivity index (χ2n) is 5.26. The SMILES string of the molecule is CCN1CCN(c2ccc(C)cc2CN)CC1C. The molecular weight excluding hydrogens is 222 g/mol. The van der Waals surface area contributed by atoms with Gasteiger partial charge in [-0.2, -0.15) is 0 Å². The summed E-state index contributed by atoms with van der Waals surface area (Å²) in [5.41, 5.74) is 9.76. The summed E-state index contributed by atoms with van der Waals surface area (Å²) in [4.78, 5) is 5.02. The number of nitrogens with two attached hydrogens (primary N) is 1. The standard InChI is InChI=1S/C15H25N3/c1-4-17-7-8-18(11-13(17)3)15-6-5-12(2)9-14(15)10-16/h5-6,9,13H,4,7-8,10-11,16H2,1-3H3. The molecule has 1 aliphatic heterocycles. The van der Waals surface area contributed by atoms with E-state index >= 15 is 0 Å². The van der Waals surface area contributed by atoms with Crippen LogP contribution in [0.3, 0.4) is 0 Å². The predicted octanol–water partition coefficient (Wildman–Crippen LogP) is 1.98. The van der Waals surface area contributed by atoms with Gasteiger partial charge in [0.05, 0.1) is 0 Å². The first-order valence-electron chi connectivity index (χ1n) is 6.94. The number of aryl methyl sites for hydroxylation is 1. The Bertz CT molecular complexity index is 403. The minimum atomic E-state index is 0.621. The molecule has 1 aromatic rings. The largest absolute Gasteiger partial charge is 0.368 e.